The molecule has 4 heteroatoms. The molecule has 4 nitrogen and oxygen atoms in total. The fourth-order valence-electron chi connectivity index (χ4n) is 7.60. The monoisotopic (exact) mass is 676 g/mol. The van der Waals surface area contributed by atoms with Crippen molar-refractivity contribution in [2.24, 2.45) is 0 Å². The van der Waals surface area contributed by atoms with Gasteiger partial charge in [0, 0.05) is 45.5 Å². The van der Waals surface area contributed by atoms with E-state index in [2.05, 4.69) is 167 Å². The van der Waals surface area contributed by atoms with Crippen molar-refractivity contribution in [2.75, 3.05) is 0 Å². The minimum Gasteiger partial charge on any atom is -0.309 e. The van der Waals surface area contributed by atoms with E-state index in [1.165, 1.54) is 32.8 Å². The molecule has 0 saturated heterocycles. The van der Waals surface area contributed by atoms with Crippen LogP contribution in [0.25, 0.3) is 94.4 Å². The van der Waals surface area contributed by atoms with Gasteiger partial charge >= 0.3 is 0 Å². The first-order valence-electron chi connectivity index (χ1n) is 17.8. The number of aromatic nitrogens is 4. The Morgan fingerprint density at radius 1 is 0.358 bits per heavy atom. The van der Waals surface area contributed by atoms with E-state index in [9.17, 15) is 0 Å². The fourth-order valence-corrected chi connectivity index (χ4v) is 7.60. The molecular formula is C49H32N4. The Morgan fingerprint density at radius 2 is 0.943 bits per heavy atom. The molecule has 0 amide bonds. The number of hydrogen-bond acceptors (Lipinski definition) is 3. The van der Waals surface area contributed by atoms with Crippen LogP contribution in [0.1, 0.15) is 0 Å². The molecule has 0 N–H and O–H groups in total. The van der Waals surface area contributed by atoms with E-state index in [1.807, 2.05) is 30.5 Å². The maximum atomic E-state index is 5.20. The molecule has 0 fully saturated rings. The molecule has 0 unspecified atom stereocenters. The summed E-state index contributed by atoms with van der Waals surface area (Å²) in [6.45, 7) is 0. The molecule has 3 aromatic heterocycles. The first kappa shape index (κ1) is 30.6. The second kappa shape index (κ2) is 12.9. The third kappa shape index (κ3) is 5.45. The van der Waals surface area contributed by atoms with Gasteiger partial charge < -0.3 is 4.57 Å². The van der Waals surface area contributed by atoms with Crippen LogP contribution in [0.15, 0.2) is 194 Å². The van der Waals surface area contributed by atoms with Gasteiger partial charge in [0.1, 0.15) is 0 Å². The van der Waals surface area contributed by atoms with Gasteiger partial charge in [-0.05, 0) is 69.4 Å². The van der Waals surface area contributed by atoms with Crippen LogP contribution < -0.4 is 0 Å². The van der Waals surface area contributed by atoms with Crippen molar-refractivity contribution in [2.45, 2.75) is 0 Å². The molecule has 248 valence electrons. The van der Waals surface area contributed by atoms with Gasteiger partial charge in [-0.25, -0.2) is 9.97 Å². The van der Waals surface area contributed by atoms with Gasteiger partial charge in [-0.1, -0.05) is 146 Å². The summed E-state index contributed by atoms with van der Waals surface area (Å²) in [4.78, 5) is 14.6. The highest BCUT2D eigenvalue weighted by Crippen LogP contribution is 2.39. The third-order valence-electron chi connectivity index (χ3n) is 10.1. The molecule has 3 heterocycles. The maximum absolute atomic E-state index is 5.20. The molecule has 0 aliphatic rings. The molecule has 0 aliphatic heterocycles. The van der Waals surface area contributed by atoms with Gasteiger partial charge in [0.25, 0.3) is 0 Å². The third-order valence-corrected chi connectivity index (χ3v) is 10.1. The summed E-state index contributed by atoms with van der Waals surface area (Å²) in [7, 11) is 0. The van der Waals surface area contributed by atoms with E-state index in [-0.39, 0.29) is 0 Å². The molecule has 0 bridgehead atoms. The van der Waals surface area contributed by atoms with Crippen molar-refractivity contribution < 1.29 is 0 Å². The first-order chi connectivity index (χ1) is 26.3. The van der Waals surface area contributed by atoms with Crippen molar-refractivity contribution in [3.05, 3.63) is 194 Å². The summed E-state index contributed by atoms with van der Waals surface area (Å²) < 4.78 is 2.38. The van der Waals surface area contributed by atoms with E-state index in [0.717, 1.165) is 55.8 Å². The normalized spacial score (nSPS) is 11.4. The zero-order chi connectivity index (χ0) is 35.1. The lowest BCUT2D eigenvalue weighted by Gasteiger charge is -2.15. The summed E-state index contributed by atoms with van der Waals surface area (Å²) in [6, 6.07) is 64.3. The van der Waals surface area contributed by atoms with Crippen molar-refractivity contribution in [1.29, 1.82) is 0 Å². The Bertz CT molecular complexity index is 2880. The molecule has 0 radical (unpaired) electrons. The van der Waals surface area contributed by atoms with Crippen molar-refractivity contribution in [3.8, 4) is 61.8 Å². The first-order valence-corrected chi connectivity index (χ1v) is 17.8. The van der Waals surface area contributed by atoms with E-state index in [4.69, 9.17) is 9.97 Å². The summed E-state index contributed by atoms with van der Waals surface area (Å²) in [5, 5.41) is 4.83. The second-order valence-corrected chi connectivity index (χ2v) is 13.3. The van der Waals surface area contributed by atoms with Crippen LogP contribution in [0.2, 0.25) is 0 Å². The van der Waals surface area contributed by atoms with Crippen LogP contribution in [0.4, 0.5) is 0 Å². The Labute approximate surface area is 307 Å². The van der Waals surface area contributed by atoms with Gasteiger partial charge in [0.2, 0.25) is 0 Å². The number of para-hydroxylation sites is 2. The van der Waals surface area contributed by atoms with Crippen molar-refractivity contribution >= 4 is 32.6 Å². The Morgan fingerprint density at radius 3 is 1.66 bits per heavy atom. The SMILES string of the molecule is c1ccc(-c2nc(-c3ccc(-c4cccnc4)cc3)cc(-c3ccc(-c4cccc(-n5c6ccccc6c6ccccc65)c4)c4ccccc34)n2)cc1. The highest BCUT2D eigenvalue weighted by Gasteiger charge is 2.16. The largest absolute Gasteiger partial charge is 0.309 e. The quantitative estimate of drug-likeness (QED) is 0.176. The second-order valence-electron chi connectivity index (χ2n) is 13.3. The lowest BCUT2D eigenvalue weighted by Crippen LogP contribution is -1.97. The van der Waals surface area contributed by atoms with Crippen LogP contribution in [-0.4, -0.2) is 19.5 Å². The highest BCUT2D eigenvalue weighted by atomic mass is 15.0. The zero-order valence-electron chi connectivity index (χ0n) is 28.8. The minimum atomic E-state index is 0.696. The number of pyridine rings is 1. The number of hydrogen-bond donors (Lipinski definition) is 0. The number of fused-ring (bicyclic) bond motifs is 4. The van der Waals surface area contributed by atoms with Crippen LogP contribution in [0.5, 0.6) is 0 Å². The smallest absolute Gasteiger partial charge is 0.160 e. The molecule has 10 rings (SSSR count). The number of nitrogens with zero attached hydrogens (tertiary/aromatic N) is 4. The van der Waals surface area contributed by atoms with Crippen LogP contribution in [-0.2, 0) is 0 Å². The predicted octanol–water partition coefficient (Wildman–Crippen LogP) is 12.5. The summed E-state index contributed by atoms with van der Waals surface area (Å²) >= 11 is 0. The van der Waals surface area contributed by atoms with E-state index >= 15 is 0 Å². The molecule has 7 aromatic carbocycles. The van der Waals surface area contributed by atoms with E-state index in [0.29, 0.717) is 5.82 Å². The zero-order valence-corrected chi connectivity index (χ0v) is 28.8. The number of benzene rings is 7. The molecule has 53 heavy (non-hydrogen) atoms. The molecule has 10 aromatic rings. The average molecular weight is 677 g/mol. The number of rotatable bonds is 6. The van der Waals surface area contributed by atoms with Crippen LogP contribution in [0.3, 0.4) is 0 Å². The predicted molar refractivity (Wildman–Crippen MR) is 219 cm³/mol. The van der Waals surface area contributed by atoms with E-state index in [1.54, 1.807) is 6.20 Å². The molecule has 0 atom stereocenters. The van der Waals surface area contributed by atoms with Gasteiger partial charge in [0.15, 0.2) is 5.82 Å². The van der Waals surface area contributed by atoms with Gasteiger partial charge in [0.05, 0.1) is 22.4 Å². The molecule has 0 spiro atoms. The van der Waals surface area contributed by atoms with Crippen LogP contribution >= 0.6 is 0 Å². The van der Waals surface area contributed by atoms with Gasteiger partial charge in [-0.15, -0.1) is 0 Å². The Balaban J connectivity index is 1.11. The lowest BCUT2D eigenvalue weighted by atomic mass is 9.93. The average Bonchev–Trinajstić information content (AvgIpc) is 3.58. The van der Waals surface area contributed by atoms with Crippen LogP contribution in [0, 0.1) is 0 Å². The maximum Gasteiger partial charge on any atom is 0.160 e. The summed E-state index contributed by atoms with van der Waals surface area (Å²) in [6.07, 6.45) is 3.69. The lowest BCUT2D eigenvalue weighted by molar-refractivity contribution is 1.18. The molecular weight excluding hydrogens is 645 g/mol. The Hall–Kier alpha value is -7.17. The minimum absolute atomic E-state index is 0.696. The van der Waals surface area contributed by atoms with Crippen molar-refractivity contribution in [1.82, 2.24) is 19.5 Å². The summed E-state index contributed by atoms with van der Waals surface area (Å²) in [5.41, 5.74) is 12.9. The molecule has 0 aliphatic carbocycles. The Kier molecular flexibility index (Phi) is 7.43. The highest BCUT2D eigenvalue weighted by molar-refractivity contribution is 6.09. The van der Waals surface area contributed by atoms with Gasteiger partial charge in [-0.3, -0.25) is 4.98 Å². The van der Waals surface area contributed by atoms with Crippen molar-refractivity contribution in [3.63, 3.8) is 0 Å². The van der Waals surface area contributed by atoms with Gasteiger partial charge in [-0.2, -0.15) is 0 Å². The van der Waals surface area contributed by atoms with E-state index < -0.39 is 0 Å². The standard InChI is InChI=1S/C49H32N4/c1-2-12-35(13-3-1)49-51-45(34-25-23-33(24-26-34)37-15-11-29-50-32-37)31-46(52-49)42-28-27-39(40-17-4-5-18-41(40)42)36-14-10-16-38(30-36)53-47-21-8-6-19-43(47)44-20-7-9-22-48(44)53/h1-32H. The fraction of sp³-hybridized carbons (Fsp3) is 0. The molecule has 0 saturated carbocycles. The topological polar surface area (TPSA) is 43.6 Å². The summed E-state index contributed by atoms with van der Waals surface area (Å²) in [5.74, 6) is 0.696.